The summed E-state index contributed by atoms with van der Waals surface area (Å²) in [6.07, 6.45) is 1.12. The number of amides is 2. The van der Waals surface area contributed by atoms with Gasteiger partial charge >= 0.3 is 18.0 Å². The van der Waals surface area contributed by atoms with Gasteiger partial charge in [0.15, 0.2) is 9.84 Å². The van der Waals surface area contributed by atoms with Crippen LogP contribution in [0.3, 0.4) is 0 Å². The van der Waals surface area contributed by atoms with E-state index in [0.717, 1.165) is 24.3 Å². The Morgan fingerprint density at radius 2 is 1.40 bits per heavy atom. The Morgan fingerprint density at radius 3 is 1.95 bits per heavy atom. The van der Waals surface area contributed by atoms with Crippen molar-refractivity contribution in [2.75, 3.05) is 56.9 Å². The van der Waals surface area contributed by atoms with Crippen molar-refractivity contribution < 1.29 is 33.0 Å². The van der Waals surface area contributed by atoms with Crippen molar-refractivity contribution in [3.05, 3.63) is 72.3 Å². The molecule has 0 aromatic heterocycles. The summed E-state index contributed by atoms with van der Waals surface area (Å²) in [4.78, 5) is 36.0. The molecular weight excluding hydrogens is 536 g/mol. The highest BCUT2D eigenvalue weighted by atomic mass is 32.2. The lowest BCUT2D eigenvalue weighted by atomic mass is 10.2. The molecule has 0 aliphatic rings. The molecule has 2 aromatic rings. The molecule has 0 spiro atoms. The molecule has 0 unspecified atom stereocenters. The largest absolute Gasteiger partial charge is 0.478 e. The first-order valence-corrected chi connectivity index (χ1v) is 14.6. The molecule has 11 nitrogen and oxygen atoms in total. The zero-order chi connectivity index (χ0) is 30.0. The van der Waals surface area contributed by atoms with Crippen molar-refractivity contribution in [3.8, 4) is 0 Å². The third-order valence-corrected chi connectivity index (χ3v) is 7.54. The minimum atomic E-state index is -3.45. The number of nitrogens with zero attached hydrogens (tertiary/aromatic N) is 2. The maximum Gasteiger partial charge on any atom is 0.328 e. The van der Waals surface area contributed by atoms with Crippen LogP contribution in [0.25, 0.3) is 0 Å². The Morgan fingerprint density at radius 1 is 0.825 bits per heavy atom. The number of para-hydroxylation sites is 1. The van der Waals surface area contributed by atoms with E-state index in [4.69, 9.17) is 10.2 Å². The van der Waals surface area contributed by atoms with E-state index in [1.54, 1.807) is 35.2 Å². The number of sulfone groups is 1. The first-order valence-electron chi connectivity index (χ1n) is 13.0. The fraction of sp³-hybridized carbons (Fsp3) is 0.393. The summed E-state index contributed by atoms with van der Waals surface area (Å²) in [5, 5.41) is 21.9. The molecular formula is C28H40N4O7S. The molecule has 2 aromatic carbocycles. The fourth-order valence-corrected chi connectivity index (χ4v) is 4.75. The molecule has 0 heterocycles. The number of aryl methyl sites for hydroxylation is 1. The summed E-state index contributed by atoms with van der Waals surface area (Å²) in [5.41, 5.74) is 2.18. The Balaban J connectivity index is 0.000000869. The number of carboxylic acid groups (broad SMARTS) is 2. The number of rotatable bonds is 15. The summed E-state index contributed by atoms with van der Waals surface area (Å²) in [6, 6.07) is 16.1. The maximum absolute atomic E-state index is 12.8. The van der Waals surface area contributed by atoms with Gasteiger partial charge in [-0.3, -0.25) is 0 Å². The lowest BCUT2D eigenvalue weighted by Crippen LogP contribution is -2.46. The molecule has 4 N–H and O–H groups in total. The van der Waals surface area contributed by atoms with Gasteiger partial charge in [0.05, 0.1) is 10.6 Å². The van der Waals surface area contributed by atoms with Crippen molar-refractivity contribution in [2.24, 2.45) is 0 Å². The number of carbonyl (C=O) groups is 3. The molecule has 0 saturated carbocycles. The highest BCUT2D eigenvalue weighted by molar-refractivity contribution is 7.91. The SMILES string of the molecule is CCN(CC)CCN(CCS(=O)(=O)c1ccccc1)C(=O)NCCNc1ccccc1C.O=C(O)C=CC(=O)O. The van der Waals surface area contributed by atoms with E-state index in [9.17, 15) is 22.8 Å². The number of urea groups is 1. The highest BCUT2D eigenvalue weighted by Crippen LogP contribution is 2.12. The normalized spacial score (nSPS) is 11.0. The van der Waals surface area contributed by atoms with Gasteiger partial charge in [-0.1, -0.05) is 50.2 Å². The Bertz CT molecular complexity index is 1180. The first-order chi connectivity index (χ1) is 19.0. The molecule has 40 heavy (non-hydrogen) atoms. The fourth-order valence-electron chi connectivity index (χ4n) is 3.49. The van der Waals surface area contributed by atoms with Crippen LogP contribution in [0, 0.1) is 6.92 Å². The highest BCUT2D eigenvalue weighted by Gasteiger charge is 2.20. The third kappa shape index (κ3) is 13.8. The summed E-state index contributed by atoms with van der Waals surface area (Å²) >= 11 is 0. The van der Waals surface area contributed by atoms with Crippen LogP contribution in [0.15, 0.2) is 71.6 Å². The van der Waals surface area contributed by atoms with Crippen LogP contribution in [0.4, 0.5) is 10.5 Å². The van der Waals surface area contributed by atoms with Gasteiger partial charge in [0, 0.05) is 50.6 Å². The van der Waals surface area contributed by atoms with Crippen molar-refractivity contribution in [3.63, 3.8) is 0 Å². The average molecular weight is 577 g/mol. The molecule has 0 aliphatic heterocycles. The van der Waals surface area contributed by atoms with Crippen molar-refractivity contribution >= 4 is 33.5 Å². The number of carbonyl (C=O) groups excluding carboxylic acids is 1. The van der Waals surface area contributed by atoms with E-state index in [0.29, 0.717) is 38.3 Å². The number of aliphatic carboxylic acids is 2. The number of likely N-dealkylation sites (N-methyl/N-ethyl adjacent to an activating group) is 1. The van der Waals surface area contributed by atoms with Gasteiger partial charge in [0.25, 0.3) is 0 Å². The number of hydrogen-bond donors (Lipinski definition) is 4. The smallest absolute Gasteiger partial charge is 0.328 e. The second-order valence-corrected chi connectivity index (χ2v) is 10.7. The zero-order valence-electron chi connectivity index (χ0n) is 23.2. The van der Waals surface area contributed by atoms with Crippen LogP contribution in [0.2, 0.25) is 0 Å². The molecule has 0 fully saturated rings. The molecule has 12 heteroatoms. The number of benzene rings is 2. The summed E-state index contributed by atoms with van der Waals surface area (Å²) in [7, 11) is -3.45. The number of nitrogens with one attached hydrogen (secondary N) is 2. The van der Waals surface area contributed by atoms with Gasteiger partial charge in [0.1, 0.15) is 0 Å². The van der Waals surface area contributed by atoms with E-state index in [1.807, 2.05) is 31.2 Å². The first kappa shape index (κ1) is 34.1. The van der Waals surface area contributed by atoms with Gasteiger partial charge in [-0.15, -0.1) is 0 Å². The van der Waals surface area contributed by atoms with Gasteiger partial charge in [0.2, 0.25) is 0 Å². The Hall–Kier alpha value is -3.90. The standard InChI is InChI=1S/C24H36N4O3S.C4H4O4/c1-4-27(5-2)17-18-28(19-20-32(30,31)22-12-7-6-8-13-22)24(29)26-16-15-25-23-14-10-9-11-21(23)3;5-3(6)1-2-4(7)8/h6-14,25H,4-5,15-20H2,1-3H3,(H,26,29);1-2H,(H,5,6)(H,7,8). The topological polar surface area (TPSA) is 156 Å². The molecule has 0 saturated heterocycles. The molecule has 2 rings (SSSR count). The molecule has 0 atom stereocenters. The van der Waals surface area contributed by atoms with Crippen LogP contribution in [-0.4, -0.2) is 98.0 Å². The summed E-state index contributed by atoms with van der Waals surface area (Å²) < 4.78 is 25.4. The Kier molecular flexibility index (Phi) is 15.7. The molecule has 0 bridgehead atoms. The van der Waals surface area contributed by atoms with Crippen molar-refractivity contribution in [1.29, 1.82) is 0 Å². The summed E-state index contributed by atoms with van der Waals surface area (Å²) in [5.74, 6) is -2.62. The monoisotopic (exact) mass is 576 g/mol. The van der Waals surface area contributed by atoms with E-state index < -0.39 is 21.8 Å². The van der Waals surface area contributed by atoms with Crippen molar-refractivity contribution in [2.45, 2.75) is 25.7 Å². The number of hydrogen-bond acceptors (Lipinski definition) is 7. The molecule has 2 amide bonds. The van der Waals surface area contributed by atoms with Crippen LogP contribution in [0.5, 0.6) is 0 Å². The zero-order valence-corrected chi connectivity index (χ0v) is 24.1. The average Bonchev–Trinajstić information content (AvgIpc) is 2.93. The van der Waals surface area contributed by atoms with E-state index in [2.05, 4.69) is 29.4 Å². The Labute approximate surface area is 236 Å². The van der Waals surface area contributed by atoms with E-state index in [1.165, 1.54) is 0 Å². The summed E-state index contributed by atoms with van der Waals surface area (Å²) in [6.45, 7) is 10.3. The predicted molar refractivity (Wildman–Crippen MR) is 155 cm³/mol. The predicted octanol–water partition coefficient (Wildman–Crippen LogP) is 2.95. The molecule has 220 valence electrons. The van der Waals surface area contributed by atoms with E-state index >= 15 is 0 Å². The number of carboxylic acids is 2. The second kappa shape index (κ2) is 18.4. The maximum atomic E-state index is 12.8. The quantitative estimate of drug-likeness (QED) is 0.185. The minimum Gasteiger partial charge on any atom is -0.478 e. The molecule has 0 aliphatic carbocycles. The van der Waals surface area contributed by atoms with Gasteiger partial charge < -0.3 is 30.6 Å². The van der Waals surface area contributed by atoms with Crippen molar-refractivity contribution in [1.82, 2.24) is 15.1 Å². The van der Waals surface area contributed by atoms with Gasteiger partial charge in [-0.25, -0.2) is 22.8 Å². The van der Waals surface area contributed by atoms with Gasteiger partial charge in [-0.05, 0) is 43.8 Å². The lowest BCUT2D eigenvalue weighted by Gasteiger charge is -2.27. The van der Waals surface area contributed by atoms with Crippen LogP contribution < -0.4 is 10.6 Å². The number of anilines is 1. The lowest BCUT2D eigenvalue weighted by molar-refractivity contribution is -0.134. The minimum absolute atomic E-state index is 0.107. The van der Waals surface area contributed by atoms with Crippen LogP contribution in [-0.2, 0) is 19.4 Å². The third-order valence-electron chi connectivity index (χ3n) is 5.83. The van der Waals surface area contributed by atoms with Crippen LogP contribution >= 0.6 is 0 Å². The van der Waals surface area contributed by atoms with E-state index in [-0.39, 0.29) is 23.2 Å². The molecule has 0 radical (unpaired) electrons. The van der Waals surface area contributed by atoms with Gasteiger partial charge in [-0.2, -0.15) is 0 Å². The second-order valence-electron chi connectivity index (χ2n) is 8.63. The van der Waals surface area contributed by atoms with Crippen LogP contribution in [0.1, 0.15) is 19.4 Å².